The van der Waals surface area contributed by atoms with Crippen LogP contribution in [-0.2, 0) is 0 Å². The van der Waals surface area contributed by atoms with Gasteiger partial charge in [0.2, 0.25) is 0 Å². The third-order valence-electron chi connectivity index (χ3n) is 4.77. The second-order valence-electron chi connectivity index (χ2n) is 6.63. The van der Waals surface area contributed by atoms with Crippen LogP contribution in [0.25, 0.3) is 0 Å². The molecule has 1 saturated heterocycles. The molecule has 1 saturated carbocycles. The highest BCUT2D eigenvalue weighted by Gasteiger charge is 2.29. The fourth-order valence-electron chi connectivity index (χ4n) is 3.92. The van der Waals surface area contributed by atoms with Crippen LogP contribution in [0, 0.1) is 23.7 Å². The maximum Gasteiger partial charge on any atom is 0.00700 e. The van der Waals surface area contributed by atoms with Crippen molar-refractivity contribution in [1.82, 2.24) is 0 Å². The van der Waals surface area contributed by atoms with Crippen LogP contribution in [0.15, 0.2) is 0 Å². The van der Waals surface area contributed by atoms with Crippen molar-refractivity contribution in [2.75, 3.05) is 11.5 Å². The first-order valence-corrected chi connectivity index (χ1v) is 8.64. The van der Waals surface area contributed by atoms with Crippen molar-refractivity contribution in [2.24, 2.45) is 29.4 Å². The molecule has 3 atom stereocenters. The first-order valence-electron chi connectivity index (χ1n) is 7.48. The second kappa shape index (κ2) is 6.47. The van der Waals surface area contributed by atoms with Gasteiger partial charge in [0, 0.05) is 6.04 Å². The zero-order valence-electron chi connectivity index (χ0n) is 11.5. The Balaban J connectivity index is 1.79. The van der Waals surface area contributed by atoms with Crippen molar-refractivity contribution in [3.05, 3.63) is 0 Å². The first-order chi connectivity index (χ1) is 8.15. The quantitative estimate of drug-likeness (QED) is 0.827. The van der Waals surface area contributed by atoms with Gasteiger partial charge in [-0.05, 0) is 73.7 Å². The molecule has 1 aliphatic carbocycles. The number of rotatable bonds is 3. The van der Waals surface area contributed by atoms with Crippen molar-refractivity contribution in [2.45, 2.75) is 58.4 Å². The zero-order valence-corrected chi connectivity index (χ0v) is 12.3. The molecule has 2 heteroatoms. The zero-order chi connectivity index (χ0) is 12.3. The molecule has 100 valence electrons. The van der Waals surface area contributed by atoms with E-state index in [-0.39, 0.29) is 0 Å². The molecule has 2 N–H and O–H groups in total. The third kappa shape index (κ3) is 4.17. The van der Waals surface area contributed by atoms with E-state index in [2.05, 4.69) is 25.6 Å². The van der Waals surface area contributed by atoms with Gasteiger partial charge in [0.1, 0.15) is 0 Å². The average Bonchev–Trinajstić information content (AvgIpc) is 2.29. The lowest BCUT2D eigenvalue weighted by Crippen LogP contribution is -2.37. The van der Waals surface area contributed by atoms with Crippen LogP contribution < -0.4 is 5.73 Å². The van der Waals surface area contributed by atoms with Crippen LogP contribution in [0.2, 0.25) is 0 Å². The summed E-state index contributed by atoms with van der Waals surface area (Å²) >= 11 is 2.12. The molecule has 3 unspecified atom stereocenters. The third-order valence-corrected chi connectivity index (χ3v) is 5.82. The van der Waals surface area contributed by atoms with Gasteiger partial charge in [-0.1, -0.05) is 13.8 Å². The molecule has 2 aliphatic rings. The lowest BCUT2D eigenvalue weighted by Gasteiger charge is -2.36. The van der Waals surface area contributed by atoms with Crippen LogP contribution in [-0.4, -0.2) is 17.5 Å². The van der Waals surface area contributed by atoms with E-state index in [0.29, 0.717) is 6.04 Å². The molecule has 2 fully saturated rings. The molecule has 0 aromatic rings. The summed E-state index contributed by atoms with van der Waals surface area (Å²) in [5, 5.41) is 0. The summed E-state index contributed by atoms with van der Waals surface area (Å²) in [5.41, 5.74) is 6.50. The molecule has 1 nitrogen and oxygen atoms in total. The molecule has 0 amide bonds. The molecule has 0 spiro atoms. The van der Waals surface area contributed by atoms with E-state index in [1.54, 1.807) is 0 Å². The Morgan fingerprint density at radius 1 is 1.06 bits per heavy atom. The summed E-state index contributed by atoms with van der Waals surface area (Å²) in [6, 6.07) is 0.480. The van der Waals surface area contributed by atoms with E-state index < -0.39 is 0 Å². The van der Waals surface area contributed by atoms with Crippen LogP contribution in [0.3, 0.4) is 0 Å². The Bertz CT molecular complexity index is 215. The number of nitrogens with two attached hydrogens (primary N) is 1. The SMILES string of the molecule is CC1CC(C)CC(C(N)CC2CCSCC2)C1. The first kappa shape index (κ1) is 13.7. The van der Waals surface area contributed by atoms with Gasteiger partial charge in [0.25, 0.3) is 0 Å². The van der Waals surface area contributed by atoms with Gasteiger partial charge in [-0.2, -0.15) is 11.8 Å². The van der Waals surface area contributed by atoms with Gasteiger partial charge in [0.15, 0.2) is 0 Å². The van der Waals surface area contributed by atoms with E-state index in [9.17, 15) is 0 Å². The van der Waals surface area contributed by atoms with E-state index in [4.69, 9.17) is 5.73 Å². The molecule has 0 aromatic carbocycles. The molecule has 2 rings (SSSR count). The van der Waals surface area contributed by atoms with Gasteiger partial charge in [0.05, 0.1) is 0 Å². The summed E-state index contributed by atoms with van der Waals surface area (Å²) in [6.07, 6.45) is 8.31. The summed E-state index contributed by atoms with van der Waals surface area (Å²) < 4.78 is 0. The normalized spacial score (nSPS) is 37.9. The summed E-state index contributed by atoms with van der Waals surface area (Å²) in [6.45, 7) is 4.82. The van der Waals surface area contributed by atoms with Crippen LogP contribution in [0.5, 0.6) is 0 Å². The van der Waals surface area contributed by atoms with E-state index in [0.717, 1.165) is 23.7 Å². The predicted octanol–water partition coefficient (Wildman–Crippen LogP) is 3.92. The lowest BCUT2D eigenvalue weighted by molar-refractivity contribution is 0.177. The topological polar surface area (TPSA) is 26.0 Å². The molecule has 0 aromatic heterocycles. The Morgan fingerprint density at radius 3 is 2.24 bits per heavy atom. The molecule has 1 aliphatic heterocycles. The van der Waals surface area contributed by atoms with Crippen molar-refractivity contribution < 1.29 is 0 Å². The molecule has 1 heterocycles. The Hall–Kier alpha value is 0.310. The van der Waals surface area contributed by atoms with Gasteiger partial charge in [-0.15, -0.1) is 0 Å². The van der Waals surface area contributed by atoms with Crippen LogP contribution in [0.4, 0.5) is 0 Å². The monoisotopic (exact) mass is 255 g/mol. The minimum Gasteiger partial charge on any atom is -0.327 e. The molecular weight excluding hydrogens is 226 g/mol. The summed E-state index contributed by atoms with van der Waals surface area (Å²) in [7, 11) is 0. The van der Waals surface area contributed by atoms with Gasteiger partial charge in [-0.3, -0.25) is 0 Å². The van der Waals surface area contributed by atoms with Gasteiger partial charge in [-0.25, -0.2) is 0 Å². The largest absolute Gasteiger partial charge is 0.327 e. The average molecular weight is 255 g/mol. The molecule has 0 radical (unpaired) electrons. The lowest BCUT2D eigenvalue weighted by atomic mass is 9.72. The van der Waals surface area contributed by atoms with E-state index in [1.807, 2.05) is 0 Å². The summed E-state index contributed by atoms with van der Waals surface area (Å²) in [5.74, 6) is 6.28. The second-order valence-corrected chi connectivity index (χ2v) is 7.86. The fraction of sp³-hybridized carbons (Fsp3) is 1.00. The van der Waals surface area contributed by atoms with Crippen molar-refractivity contribution in [1.29, 1.82) is 0 Å². The maximum absolute atomic E-state index is 6.50. The Morgan fingerprint density at radius 2 is 1.65 bits per heavy atom. The predicted molar refractivity (Wildman–Crippen MR) is 78.3 cm³/mol. The van der Waals surface area contributed by atoms with Crippen molar-refractivity contribution in [3.63, 3.8) is 0 Å². The Kier molecular flexibility index (Phi) is 5.23. The summed E-state index contributed by atoms with van der Waals surface area (Å²) in [4.78, 5) is 0. The number of hydrogen-bond acceptors (Lipinski definition) is 2. The molecule has 0 bridgehead atoms. The Labute approximate surface area is 111 Å². The highest BCUT2D eigenvalue weighted by molar-refractivity contribution is 7.99. The fourth-order valence-corrected chi connectivity index (χ4v) is 5.12. The van der Waals surface area contributed by atoms with Gasteiger partial charge < -0.3 is 5.73 Å². The highest BCUT2D eigenvalue weighted by atomic mass is 32.2. The maximum atomic E-state index is 6.50. The molecule has 17 heavy (non-hydrogen) atoms. The van der Waals surface area contributed by atoms with Gasteiger partial charge >= 0.3 is 0 Å². The van der Waals surface area contributed by atoms with Crippen LogP contribution in [0.1, 0.15) is 52.4 Å². The van der Waals surface area contributed by atoms with Crippen molar-refractivity contribution in [3.8, 4) is 0 Å². The smallest absolute Gasteiger partial charge is 0.00700 e. The van der Waals surface area contributed by atoms with Crippen LogP contribution >= 0.6 is 11.8 Å². The molecular formula is C15H29NS. The standard InChI is InChI=1S/C15H29NS/c1-11-7-12(2)9-14(8-11)15(16)10-13-3-5-17-6-4-13/h11-15H,3-10,16H2,1-2H3. The minimum absolute atomic E-state index is 0.480. The van der Waals surface area contributed by atoms with E-state index >= 15 is 0 Å². The minimum atomic E-state index is 0.480. The van der Waals surface area contributed by atoms with Crippen molar-refractivity contribution >= 4 is 11.8 Å². The van der Waals surface area contributed by atoms with E-state index in [1.165, 1.54) is 50.0 Å². The number of hydrogen-bond donors (Lipinski definition) is 1. The number of thioether (sulfide) groups is 1. The highest BCUT2D eigenvalue weighted by Crippen LogP contribution is 2.36.